The molecule has 0 radical (unpaired) electrons. The van der Waals surface area contributed by atoms with Crippen LogP contribution in [0.3, 0.4) is 0 Å². The molecule has 0 aliphatic carbocycles. The van der Waals surface area contributed by atoms with Crippen molar-refractivity contribution in [3.05, 3.63) is 83.0 Å². The van der Waals surface area contributed by atoms with Crippen molar-refractivity contribution in [2.75, 3.05) is 37.1 Å². The number of urea groups is 1. The van der Waals surface area contributed by atoms with Crippen molar-refractivity contribution >= 4 is 29.3 Å². The number of ether oxygens (including phenoxy) is 2. The molecule has 0 atom stereocenters. The first-order valence-electron chi connectivity index (χ1n) is 13.0. The molecule has 2 amide bonds. The molecule has 0 aliphatic rings. The molecule has 7 heteroatoms. The van der Waals surface area contributed by atoms with Crippen molar-refractivity contribution in [3.63, 3.8) is 0 Å². The fourth-order valence-electron chi connectivity index (χ4n) is 3.63. The monoisotopic (exact) mass is 520 g/mol. The summed E-state index contributed by atoms with van der Waals surface area (Å²) in [6, 6.07) is 15.5. The van der Waals surface area contributed by atoms with Crippen LogP contribution >= 0.6 is 0 Å². The van der Waals surface area contributed by atoms with Crippen LogP contribution in [0.15, 0.2) is 71.8 Å². The number of hydrogen-bond acceptors (Lipinski definition) is 5. The molecule has 2 rings (SSSR count). The SMILES string of the molecule is CC=C(C)C(=O)OCCCc1cccc(N(C)C(=O)N(C)c2cccc(CCCOC(=O)C(C)=CC)c2)c1. The van der Waals surface area contributed by atoms with Crippen LogP contribution in [0.2, 0.25) is 0 Å². The lowest BCUT2D eigenvalue weighted by Crippen LogP contribution is -2.39. The average molecular weight is 521 g/mol. The molecule has 38 heavy (non-hydrogen) atoms. The Morgan fingerprint density at radius 1 is 0.711 bits per heavy atom. The lowest BCUT2D eigenvalue weighted by atomic mass is 10.1. The molecule has 0 saturated heterocycles. The van der Waals surface area contributed by atoms with Gasteiger partial charge < -0.3 is 9.47 Å². The van der Waals surface area contributed by atoms with Crippen molar-refractivity contribution in [2.45, 2.75) is 53.4 Å². The summed E-state index contributed by atoms with van der Waals surface area (Å²) in [5, 5.41) is 0. The molecular weight excluding hydrogens is 480 g/mol. The van der Waals surface area contributed by atoms with E-state index < -0.39 is 0 Å². The topological polar surface area (TPSA) is 76.2 Å². The molecule has 2 aromatic rings. The van der Waals surface area contributed by atoms with Crippen molar-refractivity contribution < 1.29 is 23.9 Å². The van der Waals surface area contributed by atoms with Gasteiger partial charge in [0.05, 0.1) is 13.2 Å². The van der Waals surface area contributed by atoms with Gasteiger partial charge in [-0.2, -0.15) is 0 Å². The summed E-state index contributed by atoms with van der Waals surface area (Å²) in [5.74, 6) is -0.580. The van der Waals surface area contributed by atoms with Gasteiger partial charge in [-0.1, -0.05) is 36.4 Å². The molecule has 0 unspecified atom stereocenters. The lowest BCUT2D eigenvalue weighted by molar-refractivity contribution is -0.139. The molecular formula is C31H40N2O5. The Labute approximate surface area is 226 Å². The van der Waals surface area contributed by atoms with Crippen LogP contribution in [-0.2, 0) is 31.9 Å². The number of rotatable bonds is 12. The summed E-state index contributed by atoms with van der Waals surface area (Å²) < 4.78 is 10.6. The highest BCUT2D eigenvalue weighted by atomic mass is 16.5. The van der Waals surface area contributed by atoms with Crippen LogP contribution in [0, 0.1) is 0 Å². The summed E-state index contributed by atoms with van der Waals surface area (Å²) >= 11 is 0. The van der Waals surface area contributed by atoms with E-state index in [1.807, 2.05) is 62.4 Å². The van der Waals surface area contributed by atoms with Gasteiger partial charge in [0.25, 0.3) is 0 Å². The minimum absolute atomic E-state index is 0.161. The van der Waals surface area contributed by atoms with Gasteiger partial charge >= 0.3 is 18.0 Å². The van der Waals surface area contributed by atoms with Crippen LogP contribution in [-0.4, -0.2) is 45.3 Å². The maximum Gasteiger partial charge on any atom is 0.333 e. The average Bonchev–Trinajstić information content (AvgIpc) is 2.95. The number of nitrogens with zero attached hydrogens (tertiary/aromatic N) is 2. The first-order valence-corrected chi connectivity index (χ1v) is 13.0. The zero-order valence-corrected chi connectivity index (χ0v) is 23.5. The number of benzene rings is 2. The second kappa shape index (κ2) is 15.4. The smallest absolute Gasteiger partial charge is 0.333 e. The maximum absolute atomic E-state index is 13.2. The summed E-state index contributed by atoms with van der Waals surface area (Å²) in [4.78, 5) is 40.0. The van der Waals surface area contributed by atoms with E-state index in [0.717, 1.165) is 35.3 Å². The number of amides is 2. The first kappa shape index (κ1) is 30.4. The number of allylic oxidation sites excluding steroid dienone is 2. The standard InChI is InChI=1S/C31H40N2O5/c1-7-23(3)29(34)37-19-11-15-25-13-9-17-27(21-25)32(5)31(36)33(6)28-18-10-14-26(22-28)16-12-20-38-30(35)24(4)8-2/h7-10,13-14,17-18,21-22H,11-12,15-16,19-20H2,1-6H3. The van der Waals surface area contributed by atoms with Crippen LogP contribution in [0.1, 0.15) is 51.7 Å². The number of anilines is 2. The van der Waals surface area contributed by atoms with E-state index in [1.54, 1.807) is 49.9 Å². The third-order valence-corrected chi connectivity index (χ3v) is 6.37. The first-order chi connectivity index (χ1) is 18.2. The number of aryl methyl sites for hydroxylation is 2. The molecule has 204 valence electrons. The van der Waals surface area contributed by atoms with Gasteiger partial charge in [0.2, 0.25) is 0 Å². The molecule has 0 bridgehead atoms. The fraction of sp³-hybridized carbons (Fsp3) is 0.387. The number of carbonyl (C=O) groups is 3. The van der Waals surface area contributed by atoms with Crippen LogP contribution in [0.4, 0.5) is 16.2 Å². The molecule has 0 fully saturated rings. The fourth-order valence-corrected chi connectivity index (χ4v) is 3.63. The lowest BCUT2D eigenvalue weighted by Gasteiger charge is -2.26. The van der Waals surface area contributed by atoms with E-state index in [2.05, 4.69) is 0 Å². The van der Waals surface area contributed by atoms with Gasteiger partial charge in [-0.25, -0.2) is 14.4 Å². The van der Waals surface area contributed by atoms with Gasteiger partial charge in [-0.15, -0.1) is 0 Å². The number of hydrogen-bond donors (Lipinski definition) is 0. The largest absolute Gasteiger partial charge is 0.462 e. The van der Waals surface area contributed by atoms with Crippen LogP contribution < -0.4 is 9.80 Å². The molecule has 0 spiro atoms. The number of carbonyl (C=O) groups excluding carboxylic acids is 3. The molecule has 2 aromatic carbocycles. The summed E-state index contributed by atoms with van der Waals surface area (Å²) in [6.45, 7) is 7.78. The summed E-state index contributed by atoms with van der Waals surface area (Å²) in [7, 11) is 3.51. The van der Waals surface area contributed by atoms with E-state index in [0.29, 0.717) is 37.2 Å². The third kappa shape index (κ3) is 9.21. The summed E-state index contributed by atoms with van der Waals surface area (Å²) in [6.07, 6.45) is 6.34. The Morgan fingerprint density at radius 2 is 1.11 bits per heavy atom. The minimum atomic E-state index is -0.290. The van der Waals surface area contributed by atoms with Crippen molar-refractivity contribution in [3.8, 4) is 0 Å². The normalized spacial score (nSPS) is 11.6. The van der Waals surface area contributed by atoms with Gasteiger partial charge in [-0.3, -0.25) is 9.80 Å². The van der Waals surface area contributed by atoms with Crippen molar-refractivity contribution in [2.24, 2.45) is 0 Å². The summed E-state index contributed by atoms with van der Waals surface area (Å²) in [5.41, 5.74) is 4.91. The third-order valence-electron chi connectivity index (χ3n) is 6.37. The predicted octanol–water partition coefficient (Wildman–Crippen LogP) is 6.26. The second-order valence-electron chi connectivity index (χ2n) is 9.16. The second-order valence-corrected chi connectivity index (χ2v) is 9.16. The minimum Gasteiger partial charge on any atom is -0.462 e. The molecule has 7 nitrogen and oxygen atoms in total. The van der Waals surface area contributed by atoms with Gasteiger partial charge in [-0.05, 0) is 88.8 Å². The van der Waals surface area contributed by atoms with E-state index in [4.69, 9.17) is 9.47 Å². The Morgan fingerprint density at radius 3 is 1.47 bits per heavy atom. The van der Waals surface area contributed by atoms with E-state index in [9.17, 15) is 14.4 Å². The quantitative estimate of drug-likeness (QED) is 0.187. The van der Waals surface area contributed by atoms with Gasteiger partial charge in [0, 0.05) is 36.6 Å². The van der Waals surface area contributed by atoms with Crippen molar-refractivity contribution in [1.82, 2.24) is 0 Å². The van der Waals surface area contributed by atoms with Crippen LogP contribution in [0.5, 0.6) is 0 Å². The highest BCUT2D eigenvalue weighted by Crippen LogP contribution is 2.21. The van der Waals surface area contributed by atoms with Gasteiger partial charge in [0.15, 0.2) is 0 Å². The van der Waals surface area contributed by atoms with Crippen LogP contribution in [0.25, 0.3) is 0 Å². The number of esters is 2. The highest BCUT2D eigenvalue weighted by molar-refractivity contribution is 6.02. The molecule has 0 aliphatic heterocycles. The zero-order chi connectivity index (χ0) is 28.1. The maximum atomic E-state index is 13.2. The Hall–Kier alpha value is -3.87. The van der Waals surface area contributed by atoms with Gasteiger partial charge in [0.1, 0.15) is 0 Å². The Kier molecular flexibility index (Phi) is 12.3. The van der Waals surface area contributed by atoms with E-state index in [-0.39, 0.29) is 18.0 Å². The Bertz CT molecular complexity index is 1080. The molecule has 0 aromatic heterocycles. The highest BCUT2D eigenvalue weighted by Gasteiger charge is 2.18. The van der Waals surface area contributed by atoms with E-state index >= 15 is 0 Å². The Balaban J connectivity index is 1.93. The molecule has 0 saturated carbocycles. The van der Waals surface area contributed by atoms with Crippen molar-refractivity contribution in [1.29, 1.82) is 0 Å². The molecule has 0 heterocycles. The zero-order valence-electron chi connectivity index (χ0n) is 23.5. The molecule has 0 N–H and O–H groups in total. The van der Waals surface area contributed by atoms with E-state index in [1.165, 1.54) is 0 Å². The predicted molar refractivity (Wildman–Crippen MR) is 153 cm³/mol.